The lowest BCUT2D eigenvalue weighted by atomic mass is 10.1. The fourth-order valence-corrected chi connectivity index (χ4v) is 5.17. The molecule has 3 nitrogen and oxygen atoms in total. The molecule has 0 aliphatic rings. The summed E-state index contributed by atoms with van der Waals surface area (Å²) in [6, 6.07) is 40.4. The zero-order chi connectivity index (χ0) is 23.2. The van der Waals surface area contributed by atoms with Crippen LogP contribution in [0.25, 0.3) is 21.7 Å². The first-order valence-electron chi connectivity index (χ1n) is 11.3. The van der Waals surface area contributed by atoms with Crippen molar-refractivity contribution in [1.82, 2.24) is 4.57 Å². The summed E-state index contributed by atoms with van der Waals surface area (Å²) in [6.07, 6.45) is 0.846. The Morgan fingerprint density at radius 1 is 0.676 bits per heavy atom. The molecule has 0 atom stereocenters. The van der Waals surface area contributed by atoms with Gasteiger partial charge in [0.15, 0.2) is 4.80 Å². The first kappa shape index (κ1) is 21.8. The number of hydrogen-bond acceptors (Lipinski definition) is 2. The van der Waals surface area contributed by atoms with Gasteiger partial charge < -0.3 is 4.57 Å². The molecule has 0 saturated carbocycles. The maximum absolute atomic E-state index is 13.1. The van der Waals surface area contributed by atoms with E-state index in [4.69, 9.17) is 0 Å². The minimum absolute atomic E-state index is 0.227. The molecule has 0 radical (unpaired) electrons. The Bertz CT molecular complexity index is 1440. The number of thiazole rings is 1. The first-order valence-corrected chi connectivity index (χ1v) is 12.1. The van der Waals surface area contributed by atoms with Gasteiger partial charge in [0.25, 0.3) is 5.91 Å². The summed E-state index contributed by atoms with van der Waals surface area (Å²) in [5, 5.41) is 0. The molecule has 5 aromatic rings. The lowest BCUT2D eigenvalue weighted by molar-refractivity contribution is 0.0998. The molecule has 0 bridgehead atoms. The van der Waals surface area contributed by atoms with Crippen LogP contribution in [0.1, 0.15) is 15.9 Å². The monoisotopic (exact) mass is 460 g/mol. The molecule has 1 aromatic heterocycles. The molecule has 5 rings (SSSR count). The summed E-state index contributed by atoms with van der Waals surface area (Å²) in [5.41, 5.74) is 5.16. The molecule has 0 N–H and O–H groups in total. The highest BCUT2D eigenvalue weighted by atomic mass is 32.1. The van der Waals surface area contributed by atoms with Gasteiger partial charge in [0.2, 0.25) is 0 Å². The van der Waals surface area contributed by atoms with E-state index >= 15 is 0 Å². The SMILES string of the molecule is O=C(N=c1sc(-c2ccccc2)c(-c2ccccc2)n1CCc1ccccc1)c1ccccc1. The lowest BCUT2D eigenvalue weighted by Crippen LogP contribution is -2.19. The van der Waals surface area contributed by atoms with E-state index in [9.17, 15) is 4.79 Å². The minimum Gasteiger partial charge on any atom is -0.315 e. The van der Waals surface area contributed by atoms with Gasteiger partial charge in [-0.15, -0.1) is 0 Å². The molecule has 0 aliphatic heterocycles. The van der Waals surface area contributed by atoms with Gasteiger partial charge in [0.1, 0.15) is 0 Å². The van der Waals surface area contributed by atoms with Crippen molar-refractivity contribution >= 4 is 17.2 Å². The maximum Gasteiger partial charge on any atom is 0.279 e. The largest absolute Gasteiger partial charge is 0.315 e. The zero-order valence-corrected chi connectivity index (χ0v) is 19.5. The number of amides is 1. The molecular formula is C30H24N2OS. The second-order valence-corrected chi connectivity index (χ2v) is 8.94. The van der Waals surface area contributed by atoms with Crippen molar-refractivity contribution < 1.29 is 4.79 Å². The summed E-state index contributed by atoms with van der Waals surface area (Å²) < 4.78 is 2.20. The summed E-state index contributed by atoms with van der Waals surface area (Å²) in [6.45, 7) is 0.721. The Balaban J connectivity index is 1.70. The van der Waals surface area contributed by atoms with Gasteiger partial charge in [-0.2, -0.15) is 4.99 Å². The van der Waals surface area contributed by atoms with Gasteiger partial charge in [-0.25, -0.2) is 0 Å². The van der Waals surface area contributed by atoms with Crippen molar-refractivity contribution in [2.45, 2.75) is 13.0 Å². The van der Waals surface area contributed by atoms with Crippen molar-refractivity contribution in [3.63, 3.8) is 0 Å². The van der Waals surface area contributed by atoms with Crippen LogP contribution < -0.4 is 4.80 Å². The predicted octanol–water partition coefficient (Wildman–Crippen LogP) is 6.87. The average molecular weight is 461 g/mol. The number of nitrogens with zero attached hydrogens (tertiary/aromatic N) is 2. The van der Waals surface area contributed by atoms with Crippen LogP contribution in [0.4, 0.5) is 0 Å². The van der Waals surface area contributed by atoms with Crippen LogP contribution in [-0.4, -0.2) is 10.5 Å². The summed E-state index contributed by atoms with van der Waals surface area (Å²) in [5.74, 6) is -0.227. The van der Waals surface area contributed by atoms with Crippen LogP contribution in [0.2, 0.25) is 0 Å². The topological polar surface area (TPSA) is 34.4 Å². The van der Waals surface area contributed by atoms with E-state index in [1.165, 1.54) is 5.56 Å². The second-order valence-electron chi connectivity index (χ2n) is 7.96. The molecule has 0 aliphatic carbocycles. The number of aromatic nitrogens is 1. The molecule has 34 heavy (non-hydrogen) atoms. The van der Waals surface area contributed by atoms with Gasteiger partial charge >= 0.3 is 0 Å². The second kappa shape index (κ2) is 10.3. The molecule has 166 valence electrons. The zero-order valence-electron chi connectivity index (χ0n) is 18.7. The van der Waals surface area contributed by atoms with E-state index in [0.717, 1.165) is 34.7 Å². The molecule has 0 saturated heterocycles. The summed E-state index contributed by atoms with van der Waals surface area (Å²) in [7, 11) is 0. The Labute approximate surface area is 203 Å². The summed E-state index contributed by atoms with van der Waals surface area (Å²) >= 11 is 1.57. The molecule has 4 heteroatoms. The number of carbonyl (C=O) groups excluding carboxylic acids is 1. The van der Waals surface area contributed by atoms with Gasteiger partial charge in [-0.1, -0.05) is 121 Å². The number of aryl methyl sites for hydroxylation is 1. The Hall–Kier alpha value is -4.02. The molecule has 1 heterocycles. The fraction of sp³-hybridized carbons (Fsp3) is 0.0667. The molecule has 1 amide bonds. The number of rotatable bonds is 6. The Morgan fingerprint density at radius 3 is 1.82 bits per heavy atom. The molecular weight excluding hydrogens is 436 g/mol. The molecule has 0 spiro atoms. The third-order valence-corrected chi connectivity index (χ3v) is 6.80. The minimum atomic E-state index is -0.227. The van der Waals surface area contributed by atoms with Crippen molar-refractivity contribution in [1.29, 1.82) is 0 Å². The van der Waals surface area contributed by atoms with Crippen molar-refractivity contribution in [2.75, 3.05) is 0 Å². The molecule has 0 unspecified atom stereocenters. The van der Waals surface area contributed by atoms with Gasteiger partial charge in [-0.05, 0) is 35.2 Å². The third kappa shape index (κ3) is 4.82. The third-order valence-electron chi connectivity index (χ3n) is 5.68. The first-order chi connectivity index (χ1) is 16.8. The van der Waals surface area contributed by atoms with E-state index in [1.807, 2.05) is 60.7 Å². The predicted molar refractivity (Wildman–Crippen MR) is 140 cm³/mol. The highest BCUT2D eigenvalue weighted by Crippen LogP contribution is 2.34. The van der Waals surface area contributed by atoms with E-state index in [-0.39, 0.29) is 5.91 Å². The van der Waals surface area contributed by atoms with Gasteiger partial charge in [-0.3, -0.25) is 4.79 Å². The van der Waals surface area contributed by atoms with E-state index < -0.39 is 0 Å². The quantitative estimate of drug-likeness (QED) is 0.272. The smallest absolute Gasteiger partial charge is 0.279 e. The normalized spacial score (nSPS) is 11.5. The highest BCUT2D eigenvalue weighted by Gasteiger charge is 2.18. The van der Waals surface area contributed by atoms with Gasteiger partial charge in [0.05, 0.1) is 10.6 Å². The Kier molecular flexibility index (Phi) is 6.59. The number of hydrogen-bond donors (Lipinski definition) is 0. The Morgan fingerprint density at radius 2 is 1.21 bits per heavy atom. The van der Waals surface area contributed by atoms with Crippen LogP contribution >= 0.6 is 11.3 Å². The van der Waals surface area contributed by atoms with Crippen LogP contribution in [0.5, 0.6) is 0 Å². The van der Waals surface area contributed by atoms with Crippen LogP contribution in [0.3, 0.4) is 0 Å². The van der Waals surface area contributed by atoms with Crippen molar-refractivity contribution in [2.24, 2.45) is 4.99 Å². The number of carbonyl (C=O) groups is 1. The molecule has 4 aromatic carbocycles. The van der Waals surface area contributed by atoms with Crippen LogP contribution in [-0.2, 0) is 13.0 Å². The van der Waals surface area contributed by atoms with E-state index in [2.05, 4.69) is 70.2 Å². The fourth-order valence-electron chi connectivity index (χ4n) is 3.99. The standard InChI is InChI=1S/C30H24N2OS/c33-29(26-19-11-4-12-20-26)31-30-32(22-21-23-13-5-1-6-14-23)27(24-15-7-2-8-16-24)28(34-30)25-17-9-3-10-18-25/h1-20H,21-22H2. The van der Waals surface area contributed by atoms with Crippen LogP contribution in [0, 0.1) is 0 Å². The van der Waals surface area contributed by atoms with E-state index in [1.54, 1.807) is 11.3 Å². The van der Waals surface area contributed by atoms with Crippen molar-refractivity contribution in [3.8, 4) is 21.7 Å². The maximum atomic E-state index is 13.1. The van der Waals surface area contributed by atoms with Crippen LogP contribution in [0.15, 0.2) is 126 Å². The summed E-state index contributed by atoms with van der Waals surface area (Å²) in [4.78, 5) is 19.5. The lowest BCUT2D eigenvalue weighted by Gasteiger charge is -2.12. The van der Waals surface area contributed by atoms with E-state index in [0.29, 0.717) is 10.4 Å². The highest BCUT2D eigenvalue weighted by molar-refractivity contribution is 7.13. The average Bonchev–Trinajstić information content (AvgIpc) is 3.27. The van der Waals surface area contributed by atoms with Crippen molar-refractivity contribution in [3.05, 3.63) is 137 Å². The molecule has 0 fully saturated rings. The van der Waals surface area contributed by atoms with Gasteiger partial charge in [0, 0.05) is 12.1 Å². The number of benzene rings is 4.